The number of carbonyl (C=O) groups is 1. The highest BCUT2D eigenvalue weighted by molar-refractivity contribution is 6.06. The third-order valence-corrected chi connectivity index (χ3v) is 3.76. The molecular formula is C14H30O2Si. The van der Waals surface area contributed by atoms with E-state index in [1.54, 1.807) is 0 Å². The summed E-state index contributed by atoms with van der Waals surface area (Å²) in [4.78, 5) is 11.5. The van der Waals surface area contributed by atoms with Gasteiger partial charge in [-0.3, -0.25) is 4.79 Å². The number of rotatable bonds is 10. The van der Waals surface area contributed by atoms with Gasteiger partial charge in [0.25, 0.3) is 5.97 Å². The van der Waals surface area contributed by atoms with E-state index in [2.05, 4.69) is 6.92 Å². The van der Waals surface area contributed by atoms with Gasteiger partial charge in [-0.15, -0.1) is 0 Å². The van der Waals surface area contributed by atoms with Gasteiger partial charge in [-0.2, -0.15) is 0 Å². The normalized spacial score (nSPS) is 11.7. The van der Waals surface area contributed by atoms with Crippen molar-refractivity contribution >= 4 is 16.5 Å². The fourth-order valence-electron chi connectivity index (χ4n) is 2.08. The summed E-state index contributed by atoms with van der Waals surface area (Å²) in [5.74, 6) is -0.0212. The molecule has 0 amide bonds. The van der Waals surface area contributed by atoms with Crippen LogP contribution in [-0.2, 0) is 9.22 Å². The Balaban J connectivity index is 3.42. The highest BCUT2D eigenvalue weighted by Crippen LogP contribution is 2.25. The standard InChI is InChI=1S/C14H30O2Si/c1-4-5-6-7-8-9-10-11-12-14(2,3)13(15)16-17/h4-12H2,1-3,17H3. The first-order valence-electron chi connectivity index (χ1n) is 7.13. The van der Waals surface area contributed by atoms with Crippen molar-refractivity contribution in [3.05, 3.63) is 0 Å². The lowest BCUT2D eigenvalue weighted by Gasteiger charge is -2.21. The van der Waals surface area contributed by atoms with Crippen LogP contribution in [0.2, 0.25) is 0 Å². The molecule has 0 aliphatic heterocycles. The maximum atomic E-state index is 11.5. The van der Waals surface area contributed by atoms with E-state index < -0.39 is 0 Å². The predicted molar refractivity (Wildman–Crippen MR) is 77.0 cm³/mol. The molecule has 0 aliphatic rings. The van der Waals surface area contributed by atoms with Gasteiger partial charge in [-0.25, -0.2) is 0 Å². The zero-order valence-corrected chi connectivity index (χ0v) is 14.2. The molecule has 0 aromatic heterocycles. The third kappa shape index (κ3) is 8.42. The first-order chi connectivity index (χ1) is 8.04. The van der Waals surface area contributed by atoms with Crippen molar-refractivity contribution in [1.29, 1.82) is 0 Å². The first kappa shape index (κ1) is 16.7. The van der Waals surface area contributed by atoms with Gasteiger partial charge in [-0.1, -0.05) is 58.3 Å². The Morgan fingerprint density at radius 2 is 1.47 bits per heavy atom. The molecule has 0 aromatic rings. The number of carbonyl (C=O) groups excluding carboxylic acids is 1. The van der Waals surface area contributed by atoms with E-state index in [0.717, 1.165) is 12.8 Å². The Kier molecular flexibility index (Phi) is 9.51. The van der Waals surface area contributed by atoms with E-state index in [0.29, 0.717) is 10.5 Å². The summed E-state index contributed by atoms with van der Waals surface area (Å²) in [5.41, 5.74) is -0.274. The highest BCUT2D eigenvalue weighted by Gasteiger charge is 2.27. The van der Waals surface area contributed by atoms with Gasteiger partial charge in [0.1, 0.15) is 0 Å². The Bertz CT molecular complexity index is 202. The van der Waals surface area contributed by atoms with Crippen molar-refractivity contribution in [3.63, 3.8) is 0 Å². The van der Waals surface area contributed by atoms with Crippen LogP contribution in [0.5, 0.6) is 0 Å². The molecule has 102 valence electrons. The number of hydrogen-bond donors (Lipinski definition) is 0. The minimum Gasteiger partial charge on any atom is -0.528 e. The number of hydrogen-bond acceptors (Lipinski definition) is 2. The van der Waals surface area contributed by atoms with Crippen molar-refractivity contribution in [1.82, 2.24) is 0 Å². The van der Waals surface area contributed by atoms with Crippen LogP contribution in [0, 0.1) is 5.41 Å². The molecule has 0 saturated carbocycles. The van der Waals surface area contributed by atoms with Crippen molar-refractivity contribution in [3.8, 4) is 0 Å². The minimum absolute atomic E-state index is 0.0212. The molecule has 3 heteroatoms. The van der Waals surface area contributed by atoms with Gasteiger partial charge in [0.2, 0.25) is 10.5 Å². The van der Waals surface area contributed by atoms with E-state index in [-0.39, 0.29) is 11.4 Å². The molecule has 0 atom stereocenters. The molecule has 0 N–H and O–H groups in total. The number of unbranched alkanes of at least 4 members (excludes halogenated alkanes) is 7. The molecule has 0 saturated heterocycles. The average Bonchev–Trinajstić information content (AvgIpc) is 2.31. The summed E-state index contributed by atoms with van der Waals surface area (Å²) < 4.78 is 4.94. The SMILES string of the molecule is CCCCCCCCCCC(C)(C)C(=O)O[SiH3]. The van der Waals surface area contributed by atoms with Gasteiger partial charge in [0.05, 0.1) is 5.41 Å². The Morgan fingerprint density at radius 3 is 1.94 bits per heavy atom. The van der Waals surface area contributed by atoms with Gasteiger partial charge in [-0.05, 0) is 20.3 Å². The molecule has 0 aromatic carbocycles. The van der Waals surface area contributed by atoms with Crippen molar-refractivity contribution in [2.75, 3.05) is 0 Å². The van der Waals surface area contributed by atoms with E-state index in [4.69, 9.17) is 4.43 Å². The highest BCUT2D eigenvalue weighted by atomic mass is 28.2. The first-order valence-corrected chi connectivity index (χ1v) is 7.94. The summed E-state index contributed by atoms with van der Waals surface area (Å²) in [6, 6.07) is 0. The second-order valence-corrected chi connectivity index (χ2v) is 6.01. The largest absolute Gasteiger partial charge is 0.528 e. The lowest BCUT2D eigenvalue weighted by molar-refractivity contribution is -0.144. The van der Waals surface area contributed by atoms with Crippen LogP contribution in [-0.4, -0.2) is 16.5 Å². The molecule has 0 unspecified atom stereocenters. The molecule has 0 fully saturated rings. The van der Waals surface area contributed by atoms with Crippen LogP contribution in [0.15, 0.2) is 0 Å². The van der Waals surface area contributed by atoms with Gasteiger partial charge >= 0.3 is 0 Å². The zero-order valence-electron chi connectivity index (χ0n) is 12.2. The minimum atomic E-state index is -0.274. The van der Waals surface area contributed by atoms with Crippen LogP contribution in [0.3, 0.4) is 0 Å². The van der Waals surface area contributed by atoms with Gasteiger partial charge < -0.3 is 4.43 Å². The Morgan fingerprint density at radius 1 is 1.00 bits per heavy atom. The monoisotopic (exact) mass is 258 g/mol. The average molecular weight is 258 g/mol. The molecule has 0 rings (SSSR count). The lowest BCUT2D eigenvalue weighted by atomic mass is 9.87. The van der Waals surface area contributed by atoms with Gasteiger partial charge in [0.15, 0.2) is 0 Å². The summed E-state index contributed by atoms with van der Waals surface area (Å²) in [6.07, 6.45) is 11.5. The fraction of sp³-hybridized carbons (Fsp3) is 0.929. The Labute approximate surface area is 110 Å². The zero-order chi connectivity index (χ0) is 13.1. The smallest absolute Gasteiger partial charge is 0.297 e. The van der Waals surface area contributed by atoms with E-state index >= 15 is 0 Å². The molecule has 17 heavy (non-hydrogen) atoms. The molecular weight excluding hydrogens is 228 g/mol. The fourth-order valence-corrected chi connectivity index (χ4v) is 2.63. The van der Waals surface area contributed by atoms with Crippen molar-refractivity contribution < 1.29 is 9.22 Å². The predicted octanol–water partition coefficient (Wildman–Crippen LogP) is 3.37. The van der Waals surface area contributed by atoms with Gasteiger partial charge in [0, 0.05) is 0 Å². The molecule has 0 aliphatic carbocycles. The molecule has 0 heterocycles. The molecule has 0 bridgehead atoms. The summed E-state index contributed by atoms with van der Waals surface area (Å²) in [6.45, 7) is 6.24. The third-order valence-electron chi connectivity index (χ3n) is 3.39. The second kappa shape index (κ2) is 9.69. The summed E-state index contributed by atoms with van der Waals surface area (Å²) in [7, 11) is 0.515. The summed E-state index contributed by atoms with van der Waals surface area (Å²) in [5, 5.41) is 0. The van der Waals surface area contributed by atoms with Crippen LogP contribution in [0.4, 0.5) is 0 Å². The lowest BCUT2D eigenvalue weighted by Crippen LogP contribution is -2.25. The van der Waals surface area contributed by atoms with Crippen molar-refractivity contribution in [2.24, 2.45) is 5.41 Å². The molecule has 0 radical (unpaired) electrons. The van der Waals surface area contributed by atoms with E-state index in [9.17, 15) is 4.79 Å². The maximum absolute atomic E-state index is 11.5. The van der Waals surface area contributed by atoms with Crippen LogP contribution in [0.25, 0.3) is 0 Å². The second-order valence-electron chi connectivity index (χ2n) is 5.60. The topological polar surface area (TPSA) is 26.3 Å². The van der Waals surface area contributed by atoms with Crippen molar-refractivity contribution in [2.45, 2.75) is 78.6 Å². The van der Waals surface area contributed by atoms with Crippen LogP contribution < -0.4 is 0 Å². The Hall–Kier alpha value is -0.313. The van der Waals surface area contributed by atoms with E-state index in [1.165, 1.54) is 44.9 Å². The molecule has 2 nitrogen and oxygen atoms in total. The molecule has 0 spiro atoms. The van der Waals surface area contributed by atoms with E-state index in [1.807, 2.05) is 13.8 Å². The maximum Gasteiger partial charge on any atom is 0.297 e. The quantitative estimate of drug-likeness (QED) is 0.443. The van der Waals surface area contributed by atoms with Crippen LogP contribution in [0.1, 0.15) is 78.6 Å². The van der Waals surface area contributed by atoms with Crippen LogP contribution >= 0.6 is 0 Å². The summed E-state index contributed by atoms with van der Waals surface area (Å²) >= 11 is 0.